The number of carbonyl (C=O) groups is 1. The molecule has 1 aliphatic heterocycles. The van der Waals surface area contributed by atoms with Crippen molar-refractivity contribution in [3.63, 3.8) is 0 Å². The van der Waals surface area contributed by atoms with E-state index in [1.807, 2.05) is 44.4 Å². The molecule has 0 atom stereocenters. The Morgan fingerprint density at radius 3 is 2.28 bits per heavy atom. The molecule has 0 unspecified atom stereocenters. The zero-order chi connectivity index (χ0) is 14.2. The molecular weight excluding hydrogens is 244 g/mol. The van der Waals surface area contributed by atoms with Crippen LogP contribution in [0.3, 0.4) is 0 Å². The average molecular weight is 272 g/mol. The van der Waals surface area contributed by atoms with Crippen LogP contribution in [0, 0.1) is 5.41 Å². The number of nitrogens with zero attached hydrogens (tertiary/aromatic N) is 1. The Morgan fingerprint density at radius 1 is 1.22 bits per heavy atom. The lowest BCUT2D eigenvalue weighted by molar-refractivity contribution is -0.143. The van der Waals surface area contributed by atoms with Crippen LogP contribution < -0.4 is 5.73 Å². The minimum atomic E-state index is -0.522. The highest BCUT2D eigenvalue weighted by molar-refractivity contribution is 8.00. The van der Waals surface area contributed by atoms with Gasteiger partial charge in [0.15, 0.2) is 0 Å². The molecule has 0 bridgehead atoms. The highest BCUT2D eigenvalue weighted by Gasteiger charge is 2.43. The van der Waals surface area contributed by atoms with Crippen LogP contribution >= 0.6 is 11.8 Å². The van der Waals surface area contributed by atoms with Crippen LogP contribution in [0.15, 0.2) is 0 Å². The quantitative estimate of drug-likeness (QED) is 0.840. The fraction of sp³-hybridized carbons (Fsp3) is 0.929. The Morgan fingerprint density at radius 2 is 1.78 bits per heavy atom. The summed E-state index contributed by atoms with van der Waals surface area (Å²) in [5.74, 6) is 1.20. The molecule has 0 aromatic carbocycles. The summed E-state index contributed by atoms with van der Waals surface area (Å²) in [7, 11) is 0. The molecule has 1 fully saturated rings. The molecule has 0 aromatic rings. The Hall–Kier alpha value is -0.220. The van der Waals surface area contributed by atoms with Gasteiger partial charge in [0.1, 0.15) is 0 Å². The van der Waals surface area contributed by atoms with Gasteiger partial charge in [0.2, 0.25) is 5.91 Å². The predicted octanol–water partition coefficient (Wildman–Crippen LogP) is 2.49. The van der Waals surface area contributed by atoms with Gasteiger partial charge in [-0.1, -0.05) is 13.8 Å². The first-order valence-electron chi connectivity index (χ1n) is 6.70. The van der Waals surface area contributed by atoms with E-state index >= 15 is 0 Å². The summed E-state index contributed by atoms with van der Waals surface area (Å²) in [4.78, 5) is 14.7. The Labute approximate surface area is 116 Å². The predicted molar refractivity (Wildman–Crippen MR) is 79.8 cm³/mol. The van der Waals surface area contributed by atoms with Gasteiger partial charge in [-0.05, 0) is 34.1 Å². The zero-order valence-corrected chi connectivity index (χ0v) is 13.5. The molecule has 18 heavy (non-hydrogen) atoms. The summed E-state index contributed by atoms with van der Waals surface area (Å²) >= 11 is 1.96. The van der Waals surface area contributed by atoms with Crippen molar-refractivity contribution in [2.45, 2.75) is 58.2 Å². The second kappa shape index (κ2) is 5.04. The number of thioether (sulfide) groups is 1. The highest BCUT2D eigenvalue weighted by atomic mass is 32.2. The zero-order valence-electron chi connectivity index (χ0n) is 12.7. The molecule has 0 spiro atoms. The van der Waals surface area contributed by atoms with Crippen LogP contribution in [-0.4, -0.2) is 39.9 Å². The molecule has 3 nitrogen and oxygen atoms in total. The average Bonchev–Trinajstić information content (AvgIpc) is 2.36. The molecule has 106 valence electrons. The first kappa shape index (κ1) is 15.8. The first-order valence-corrected chi connectivity index (χ1v) is 7.68. The van der Waals surface area contributed by atoms with Crippen LogP contribution in [0.1, 0.15) is 48.0 Å². The smallest absolute Gasteiger partial charge is 0.230 e. The van der Waals surface area contributed by atoms with E-state index in [1.54, 1.807) is 0 Å². The minimum absolute atomic E-state index is 0.188. The van der Waals surface area contributed by atoms with Crippen molar-refractivity contribution in [3.8, 4) is 0 Å². The molecule has 4 heteroatoms. The molecular formula is C14H28N2OS. The van der Waals surface area contributed by atoms with E-state index in [2.05, 4.69) is 13.8 Å². The van der Waals surface area contributed by atoms with Gasteiger partial charge in [0, 0.05) is 29.1 Å². The number of carbonyl (C=O) groups excluding carboxylic acids is 1. The van der Waals surface area contributed by atoms with Crippen LogP contribution in [-0.2, 0) is 4.79 Å². The number of rotatable bonds is 2. The summed E-state index contributed by atoms with van der Waals surface area (Å²) in [6.07, 6.45) is 1.05. The normalized spacial score (nSPS) is 21.6. The largest absolute Gasteiger partial charge is 0.341 e. The van der Waals surface area contributed by atoms with Gasteiger partial charge >= 0.3 is 0 Å². The van der Waals surface area contributed by atoms with Gasteiger partial charge in [-0.25, -0.2) is 0 Å². The summed E-state index contributed by atoms with van der Waals surface area (Å²) in [5.41, 5.74) is 5.14. The van der Waals surface area contributed by atoms with Gasteiger partial charge in [-0.15, -0.1) is 0 Å². The summed E-state index contributed by atoms with van der Waals surface area (Å²) in [6.45, 7) is 14.0. The molecule has 1 saturated heterocycles. The Kier molecular flexibility index (Phi) is 4.44. The van der Waals surface area contributed by atoms with Gasteiger partial charge in [0.25, 0.3) is 0 Å². The van der Waals surface area contributed by atoms with Crippen molar-refractivity contribution in [1.82, 2.24) is 4.90 Å². The van der Waals surface area contributed by atoms with Crippen molar-refractivity contribution in [3.05, 3.63) is 0 Å². The fourth-order valence-electron chi connectivity index (χ4n) is 1.89. The number of nitrogens with two attached hydrogens (primary N) is 1. The Bertz CT molecular complexity index is 318. The lowest BCUT2D eigenvalue weighted by Gasteiger charge is -2.40. The Balaban J connectivity index is 2.79. The van der Waals surface area contributed by atoms with Crippen molar-refractivity contribution >= 4 is 17.7 Å². The monoisotopic (exact) mass is 272 g/mol. The first-order chi connectivity index (χ1) is 7.97. The maximum absolute atomic E-state index is 12.7. The summed E-state index contributed by atoms with van der Waals surface area (Å²) in [5, 5.41) is 0. The topological polar surface area (TPSA) is 46.3 Å². The van der Waals surface area contributed by atoms with E-state index in [4.69, 9.17) is 5.73 Å². The molecule has 0 aromatic heterocycles. The van der Waals surface area contributed by atoms with Crippen molar-refractivity contribution < 1.29 is 4.79 Å². The lowest BCUT2D eigenvalue weighted by Crippen LogP contribution is -2.56. The molecule has 0 aliphatic carbocycles. The van der Waals surface area contributed by atoms with E-state index in [0.29, 0.717) is 0 Å². The molecule has 1 aliphatic rings. The molecule has 1 heterocycles. The van der Waals surface area contributed by atoms with Crippen molar-refractivity contribution in [2.75, 3.05) is 18.8 Å². The number of hydrogen-bond acceptors (Lipinski definition) is 3. The SMILES string of the molecule is CC1(C)CCN(C(=O)C(C)(C)C(C)(C)N)CCS1. The van der Waals surface area contributed by atoms with Crippen LogP contribution in [0.2, 0.25) is 0 Å². The van der Waals surface area contributed by atoms with Gasteiger partial charge in [-0.2, -0.15) is 11.8 Å². The molecule has 0 radical (unpaired) electrons. The summed E-state index contributed by atoms with van der Waals surface area (Å²) < 4.78 is 0.275. The van der Waals surface area contributed by atoms with Crippen LogP contribution in [0.4, 0.5) is 0 Å². The molecule has 1 rings (SSSR count). The third-order valence-electron chi connectivity index (χ3n) is 4.27. The van der Waals surface area contributed by atoms with Crippen LogP contribution in [0.25, 0.3) is 0 Å². The van der Waals surface area contributed by atoms with Gasteiger partial charge in [-0.3, -0.25) is 4.79 Å². The third kappa shape index (κ3) is 3.41. The van der Waals surface area contributed by atoms with E-state index in [9.17, 15) is 4.79 Å². The standard InChI is InChI=1S/C14H28N2OS/c1-12(2)7-8-16(9-10-18-12)11(17)13(3,4)14(5,6)15/h7-10,15H2,1-6H3. The second-order valence-corrected chi connectivity index (χ2v) is 8.80. The van der Waals surface area contributed by atoms with E-state index < -0.39 is 11.0 Å². The molecule has 0 saturated carbocycles. The van der Waals surface area contributed by atoms with Gasteiger partial charge in [0.05, 0.1) is 5.41 Å². The highest BCUT2D eigenvalue weighted by Crippen LogP contribution is 2.34. The van der Waals surface area contributed by atoms with E-state index in [0.717, 1.165) is 25.3 Å². The van der Waals surface area contributed by atoms with Gasteiger partial charge < -0.3 is 10.6 Å². The second-order valence-electron chi connectivity index (χ2n) is 7.00. The van der Waals surface area contributed by atoms with E-state index in [-0.39, 0.29) is 10.7 Å². The molecule has 1 amide bonds. The summed E-state index contributed by atoms with van der Waals surface area (Å²) in [6, 6.07) is 0. The van der Waals surface area contributed by atoms with Crippen LogP contribution in [0.5, 0.6) is 0 Å². The third-order valence-corrected chi connectivity index (χ3v) is 5.64. The lowest BCUT2D eigenvalue weighted by atomic mass is 9.74. The number of amides is 1. The van der Waals surface area contributed by atoms with Crippen molar-refractivity contribution in [2.24, 2.45) is 11.1 Å². The minimum Gasteiger partial charge on any atom is -0.341 e. The maximum atomic E-state index is 12.7. The van der Waals surface area contributed by atoms with E-state index in [1.165, 1.54) is 0 Å². The number of hydrogen-bond donors (Lipinski definition) is 1. The molecule has 2 N–H and O–H groups in total. The fourth-order valence-corrected chi connectivity index (χ4v) is 2.99. The maximum Gasteiger partial charge on any atom is 0.230 e. The van der Waals surface area contributed by atoms with Crippen molar-refractivity contribution in [1.29, 1.82) is 0 Å².